The summed E-state index contributed by atoms with van der Waals surface area (Å²) >= 11 is 6.22. The van der Waals surface area contributed by atoms with Gasteiger partial charge < -0.3 is 14.2 Å². The van der Waals surface area contributed by atoms with Crippen LogP contribution in [0.5, 0.6) is 5.75 Å². The quantitative estimate of drug-likeness (QED) is 0.681. The molecule has 0 bridgehead atoms. The van der Waals surface area contributed by atoms with E-state index in [4.69, 9.17) is 20.9 Å². The van der Waals surface area contributed by atoms with Crippen molar-refractivity contribution in [3.63, 3.8) is 0 Å². The first-order chi connectivity index (χ1) is 12.6. The Morgan fingerprint density at radius 3 is 2.73 bits per heavy atom. The van der Waals surface area contributed by atoms with Crippen molar-refractivity contribution in [3.05, 3.63) is 64.0 Å². The van der Waals surface area contributed by atoms with E-state index in [2.05, 4.69) is 41.3 Å². The average molecular weight is 370 g/mol. The van der Waals surface area contributed by atoms with Crippen LogP contribution < -0.4 is 4.74 Å². The number of benzene rings is 2. The summed E-state index contributed by atoms with van der Waals surface area (Å²) in [5.74, 6) is 2.05. The van der Waals surface area contributed by atoms with Crippen molar-refractivity contribution in [2.75, 3.05) is 20.7 Å². The van der Waals surface area contributed by atoms with Gasteiger partial charge in [-0.3, -0.25) is 0 Å². The number of hydrogen-bond acceptors (Lipinski definition) is 5. The van der Waals surface area contributed by atoms with Crippen molar-refractivity contribution in [1.29, 1.82) is 0 Å². The van der Waals surface area contributed by atoms with Gasteiger partial charge in [-0.2, -0.15) is 4.98 Å². The number of halogens is 1. The van der Waals surface area contributed by atoms with Crippen LogP contribution in [0.2, 0.25) is 5.02 Å². The van der Waals surface area contributed by atoms with Gasteiger partial charge in [0.2, 0.25) is 11.7 Å². The van der Waals surface area contributed by atoms with Crippen molar-refractivity contribution in [1.82, 2.24) is 15.0 Å². The Morgan fingerprint density at radius 1 is 1.15 bits per heavy atom. The molecule has 0 unspecified atom stereocenters. The molecule has 2 heterocycles. The molecule has 0 N–H and O–H groups in total. The van der Waals surface area contributed by atoms with Crippen molar-refractivity contribution < 1.29 is 9.26 Å². The summed E-state index contributed by atoms with van der Waals surface area (Å²) in [6.45, 7) is 1.59. The minimum Gasteiger partial charge on any atom is -0.493 e. The highest BCUT2D eigenvalue weighted by atomic mass is 35.5. The van der Waals surface area contributed by atoms with Crippen molar-refractivity contribution >= 4 is 11.6 Å². The zero-order chi connectivity index (χ0) is 18.1. The summed E-state index contributed by atoms with van der Waals surface area (Å²) in [7, 11) is 4.10. The fourth-order valence-electron chi connectivity index (χ4n) is 3.21. The third-order valence-electron chi connectivity index (χ3n) is 4.35. The maximum Gasteiger partial charge on any atom is 0.231 e. The summed E-state index contributed by atoms with van der Waals surface area (Å²) in [5.41, 5.74) is 4.31. The Morgan fingerprint density at radius 2 is 1.96 bits per heavy atom. The van der Waals surface area contributed by atoms with Gasteiger partial charge in [-0.15, -0.1) is 0 Å². The van der Waals surface area contributed by atoms with E-state index in [9.17, 15) is 0 Å². The summed E-state index contributed by atoms with van der Waals surface area (Å²) in [5, 5.41) is 4.83. The molecule has 4 rings (SSSR count). The first kappa shape index (κ1) is 17.1. The monoisotopic (exact) mass is 369 g/mol. The first-order valence-electron chi connectivity index (χ1n) is 8.59. The van der Waals surface area contributed by atoms with Crippen molar-refractivity contribution in [3.8, 4) is 17.1 Å². The highest BCUT2D eigenvalue weighted by Gasteiger charge is 2.20. The van der Waals surface area contributed by atoms with Crippen LogP contribution in [0.4, 0.5) is 0 Å². The topological polar surface area (TPSA) is 51.4 Å². The molecule has 0 radical (unpaired) electrons. The minimum absolute atomic E-state index is 0.509. The largest absolute Gasteiger partial charge is 0.493 e. The molecule has 0 saturated heterocycles. The summed E-state index contributed by atoms with van der Waals surface area (Å²) in [4.78, 5) is 6.67. The first-order valence-corrected chi connectivity index (χ1v) is 8.97. The van der Waals surface area contributed by atoms with Gasteiger partial charge in [0.15, 0.2) is 0 Å². The minimum atomic E-state index is 0.509. The second-order valence-corrected chi connectivity index (χ2v) is 7.21. The molecule has 0 aliphatic carbocycles. The number of nitrogens with zero attached hydrogens (tertiary/aromatic N) is 3. The molecule has 3 aromatic rings. The van der Waals surface area contributed by atoms with Crippen LogP contribution in [0, 0.1) is 0 Å². The van der Waals surface area contributed by atoms with Crippen LogP contribution >= 0.6 is 11.6 Å². The maximum absolute atomic E-state index is 6.22. The van der Waals surface area contributed by atoms with E-state index in [-0.39, 0.29) is 0 Å². The molecule has 0 fully saturated rings. The lowest BCUT2D eigenvalue weighted by molar-refractivity contribution is 0.350. The standard InChI is InChI=1S/C20H20ClN3O2/c1-24(2)12-13-3-5-14(6-4-13)20-22-18(26-23-20)11-16-10-17(21)9-15-7-8-25-19(15)16/h3-6,9-10H,7-8,11-12H2,1-2H3. The van der Waals surface area contributed by atoms with Crippen LogP contribution in [-0.2, 0) is 19.4 Å². The number of fused-ring (bicyclic) bond motifs is 1. The van der Waals surface area contributed by atoms with Gasteiger partial charge in [-0.25, -0.2) is 0 Å². The van der Waals surface area contributed by atoms with Crippen LogP contribution in [0.15, 0.2) is 40.9 Å². The highest BCUT2D eigenvalue weighted by Crippen LogP contribution is 2.34. The van der Waals surface area contributed by atoms with Crippen molar-refractivity contribution in [2.45, 2.75) is 19.4 Å². The van der Waals surface area contributed by atoms with Crippen LogP contribution in [-0.4, -0.2) is 35.7 Å². The fourth-order valence-corrected chi connectivity index (χ4v) is 3.47. The molecule has 26 heavy (non-hydrogen) atoms. The van der Waals surface area contributed by atoms with E-state index < -0.39 is 0 Å². The van der Waals surface area contributed by atoms with E-state index in [0.29, 0.717) is 29.8 Å². The third-order valence-corrected chi connectivity index (χ3v) is 4.56. The van der Waals surface area contributed by atoms with Gasteiger partial charge in [0.25, 0.3) is 0 Å². The lowest BCUT2D eigenvalue weighted by Gasteiger charge is -2.09. The molecule has 0 spiro atoms. The van der Waals surface area contributed by atoms with E-state index in [1.807, 2.05) is 24.3 Å². The molecule has 0 atom stereocenters. The number of aromatic nitrogens is 2. The molecule has 0 amide bonds. The summed E-state index contributed by atoms with van der Waals surface area (Å²) in [6, 6.07) is 12.1. The Hall–Kier alpha value is -2.37. The molecule has 6 heteroatoms. The van der Waals surface area contributed by atoms with E-state index >= 15 is 0 Å². The molecule has 1 aliphatic rings. The van der Waals surface area contributed by atoms with Gasteiger partial charge in [0, 0.05) is 29.1 Å². The van der Waals surface area contributed by atoms with Crippen LogP contribution in [0.3, 0.4) is 0 Å². The molecule has 5 nitrogen and oxygen atoms in total. The predicted molar refractivity (Wildman–Crippen MR) is 101 cm³/mol. The van der Waals surface area contributed by atoms with Gasteiger partial charge >= 0.3 is 0 Å². The maximum atomic E-state index is 6.22. The average Bonchev–Trinajstić information content (AvgIpc) is 3.24. The molecule has 2 aromatic carbocycles. The number of hydrogen-bond donors (Lipinski definition) is 0. The zero-order valence-corrected chi connectivity index (χ0v) is 15.6. The molecule has 1 aliphatic heterocycles. The van der Waals surface area contributed by atoms with Crippen molar-refractivity contribution in [2.24, 2.45) is 0 Å². The SMILES string of the molecule is CN(C)Cc1ccc(-c2noc(Cc3cc(Cl)cc4c3OCC4)n2)cc1. The van der Waals surface area contributed by atoms with Gasteiger partial charge in [-0.1, -0.05) is 41.0 Å². The molecular weight excluding hydrogens is 350 g/mol. The number of ether oxygens (including phenoxy) is 1. The van der Waals surface area contributed by atoms with E-state index in [1.165, 1.54) is 5.56 Å². The predicted octanol–water partition coefficient (Wildman–Crippen LogP) is 3.98. The highest BCUT2D eigenvalue weighted by molar-refractivity contribution is 6.30. The Kier molecular flexibility index (Phi) is 4.66. The molecule has 0 saturated carbocycles. The fraction of sp³-hybridized carbons (Fsp3) is 0.300. The lowest BCUT2D eigenvalue weighted by Crippen LogP contribution is -2.10. The van der Waals surface area contributed by atoms with Crippen LogP contribution in [0.1, 0.15) is 22.6 Å². The Bertz CT molecular complexity index is 919. The summed E-state index contributed by atoms with van der Waals surface area (Å²) < 4.78 is 11.2. The van der Waals surface area contributed by atoms with Gasteiger partial charge in [-0.05, 0) is 37.4 Å². The second-order valence-electron chi connectivity index (χ2n) is 6.77. The molecule has 1 aromatic heterocycles. The number of rotatable bonds is 5. The van der Waals surface area contributed by atoms with Gasteiger partial charge in [0.1, 0.15) is 5.75 Å². The molecular formula is C20H20ClN3O2. The molecule has 134 valence electrons. The Balaban J connectivity index is 1.54. The Labute approximate surface area is 157 Å². The second kappa shape index (κ2) is 7.09. The van der Waals surface area contributed by atoms with E-state index in [1.54, 1.807) is 0 Å². The van der Waals surface area contributed by atoms with Gasteiger partial charge in [0.05, 0.1) is 13.0 Å². The smallest absolute Gasteiger partial charge is 0.231 e. The zero-order valence-electron chi connectivity index (χ0n) is 14.8. The third kappa shape index (κ3) is 3.59. The normalized spacial score (nSPS) is 13.1. The lowest BCUT2D eigenvalue weighted by atomic mass is 10.1. The van der Waals surface area contributed by atoms with E-state index in [0.717, 1.165) is 35.4 Å². The summed E-state index contributed by atoms with van der Waals surface area (Å²) in [6.07, 6.45) is 1.39. The van der Waals surface area contributed by atoms with Crippen LogP contribution in [0.25, 0.3) is 11.4 Å².